The third-order valence-electron chi connectivity index (χ3n) is 20.3. The molecular weight excluding hydrogens is 1250 g/mol. The minimum absolute atomic E-state index is 0. The summed E-state index contributed by atoms with van der Waals surface area (Å²) in [5.41, 5.74) is 0. The van der Waals surface area contributed by atoms with Crippen LogP contribution >= 0.6 is 23.5 Å². The number of thioether (sulfide) groups is 2. The van der Waals surface area contributed by atoms with E-state index in [0.29, 0.717) is 0 Å². The lowest BCUT2D eigenvalue weighted by Gasteiger charge is -2.32. The zero-order chi connectivity index (χ0) is 64.1. The van der Waals surface area contributed by atoms with E-state index in [9.17, 15) is 0 Å². The van der Waals surface area contributed by atoms with Crippen LogP contribution in [0, 0.1) is 0 Å². The SMILES string of the molecule is C.C.C.C.C.C.C.CN1CCC[N+](C)=C1N1CCCC1.CN1CCC[N+](C)=C1N1CCCCC1.CN1CC[N+](C)=C1N1CCCC1.CN1CC[N+](C)=C1N1CCCCC1.CN1CC[N+](C)=C1N1CCOCC1.CN1CC[N+](C)=C1N1CCSC1.CN1CC[N+](C)=C1N1CCSCC1. The molecule has 0 aromatic carbocycles. The van der Waals surface area contributed by atoms with Crippen molar-refractivity contribution < 1.29 is 36.8 Å². The van der Waals surface area contributed by atoms with Crippen molar-refractivity contribution in [1.29, 1.82) is 0 Å². The van der Waals surface area contributed by atoms with E-state index in [1.807, 2.05) is 11.8 Å². The maximum Gasteiger partial charge on any atom is 0.350 e. The van der Waals surface area contributed by atoms with Crippen LogP contribution in [0.4, 0.5) is 0 Å². The number of likely N-dealkylation sites (tertiary alicyclic amines) is 4. The van der Waals surface area contributed by atoms with Crippen LogP contribution in [-0.4, -0.2) is 454 Å². The zero-order valence-corrected chi connectivity index (χ0v) is 61.6. The van der Waals surface area contributed by atoms with Crippen LogP contribution in [0.5, 0.6) is 0 Å². The van der Waals surface area contributed by atoms with E-state index in [-0.39, 0.29) is 52.0 Å². The van der Waals surface area contributed by atoms with Gasteiger partial charge in [0.05, 0.1) is 289 Å². The van der Waals surface area contributed by atoms with E-state index in [2.05, 4.69) is 211 Å². The van der Waals surface area contributed by atoms with Gasteiger partial charge in [0.25, 0.3) is 0 Å². The molecule has 0 aliphatic carbocycles. The highest BCUT2D eigenvalue weighted by atomic mass is 32.2. The molecule has 22 nitrogen and oxygen atoms in total. The molecule has 14 rings (SSSR count). The van der Waals surface area contributed by atoms with Crippen molar-refractivity contribution in [3.05, 3.63) is 0 Å². The van der Waals surface area contributed by atoms with Gasteiger partial charge in [-0.2, -0.15) is 11.8 Å². The van der Waals surface area contributed by atoms with Crippen LogP contribution in [0.3, 0.4) is 0 Å². The van der Waals surface area contributed by atoms with Crippen LogP contribution in [0.2, 0.25) is 0 Å². The number of likely N-dealkylation sites (N-methyl/N-ethyl adjacent to an activating group) is 10. The first kappa shape index (κ1) is 90.6. The predicted molar refractivity (Wildman–Crippen MR) is 425 cm³/mol. The summed E-state index contributed by atoms with van der Waals surface area (Å²) in [5, 5.41) is 0. The van der Waals surface area contributed by atoms with Crippen molar-refractivity contribution in [2.24, 2.45) is 0 Å². The van der Waals surface area contributed by atoms with Gasteiger partial charge < -0.3 is 4.74 Å². The standard InChI is InChI=1S/C11H22N3.2C10H20N3.C9H18N3O.C9H18N3S.C9H18N3.C8H16N3S.7CH4/c1-12-7-6-8-13(2)11(12)14-9-4-3-5-10-14;1-11-6-5-7-12(2)10(11)13-8-3-4-9-13;1-11-8-9-12(2)10(11)13-6-4-3-5-7-13;2*1-10-3-4-11(2)9(10)12-5-7-13-8-6-12;1-10-7-8-11(2)9(10)12-5-3-4-6-12;1-9-3-4-10(2)8(9)11-5-6-12-7-11;;;;;;;/h3-10H2,1-2H3;2*3-9H2,1-2H3;2*3-8H2,1-2H3;3-8H2,1-2H3;3-7H2,1-2H3;7*1H4/q7*+1;;;;;;;. The molecular formula is C73H160N21OS2+7. The molecule has 7 fully saturated rings. The average molecular weight is 1410 g/mol. The van der Waals surface area contributed by atoms with Gasteiger partial charge in [0, 0.05) is 30.1 Å². The Morgan fingerprint density at radius 3 is 0.691 bits per heavy atom. The highest BCUT2D eigenvalue weighted by Gasteiger charge is 2.37. The molecule has 0 aromatic rings. The Labute approximate surface area is 608 Å². The number of ether oxygens (including phenoxy) is 1. The van der Waals surface area contributed by atoms with Gasteiger partial charge >= 0.3 is 41.7 Å². The fourth-order valence-electron chi connectivity index (χ4n) is 15.5. The molecule has 0 spiro atoms. The highest BCUT2D eigenvalue weighted by molar-refractivity contribution is 7.99. The van der Waals surface area contributed by atoms with Gasteiger partial charge in [-0.15, -0.1) is 11.8 Å². The molecule has 7 saturated heterocycles. The first-order chi connectivity index (χ1) is 43.5. The molecule has 14 heterocycles. The van der Waals surface area contributed by atoms with Crippen LogP contribution in [0.15, 0.2) is 0 Å². The second kappa shape index (κ2) is 46.1. The summed E-state index contributed by atoms with van der Waals surface area (Å²) in [5.74, 6) is 15.0. The number of nitrogens with zero attached hydrogens (tertiary/aromatic N) is 21. The van der Waals surface area contributed by atoms with Gasteiger partial charge in [0.1, 0.15) is 5.88 Å². The predicted octanol–water partition coefficient (Wildman–Crippen LogP) is 5.29. The van der Waals surface area contributed by atoms with Crippen molar-refractivity contribution in [1.82, 2.24) is 68.6 Å². The van der Waals surface area contributed by atoms with E-state index < -0.39 is 0 Å². The van der Waals surface area contributed by atoms with Crippen molar-refractivity contribution in [3.8, 4) is 0 Å². The van der Waals surface area contributed by atoms with Crippen LogP contribution in [0.1, 0.15) is 129 Å². The topological polar surface area (TPSA) is 75.7 Å². The highest BCUT2D eigenvalue weighted by Crippen LogP contribution is 2.19. The number of morpholine rings is 1. The summed E-state index contributed by atoms with van der Waals surface area (Å²) < 4.78 is 21.9. The second-order valence-corrected chi connectivity index (χ2v) is 30.0. The minimum atomic E-state index is 0. The molecule has 0 amide bonds. The first-order valence-electron chi connectivity index (χ1n) is 35.5. The van der Waals surface area contributed by atoms with Gasteiger partial charge in [-0.05, 0) is 64.2 Å². The summed E-state index contributed by atoms with van der Waals surface area (Å²) in [7, 11) is 30.7. The van der Waals surface area contributed by atoms with E-state index in [1.54, 1.807) is 0 Å². The van der Waals surface area contributed by atoms with E-state index in [0.717, 1.165) is 39.4 Å². The molecule has 14 aliphatic heterocycles. The van der Waals surface area contributed by atoms with Crippen LogP contribution in [-0.2, 0) is 4.74 Å². The number of piperidine rings is 2. The number of hydrogen-bond donors (Lipinski definition) is 0. The molecule has 24 heteroatoms. The Morgan fingerprint density at radius 2 is 0.443 bits per heavy atom. The molecule has 0 saturated carbocycles. The minimum Gasteiger partial charge on any atom is -0.375 e. The lowest BCUT2D eigenvalue weighted by molar-refractivity contribution is -0.514. The van der Waals surface area contributed by atoms with Gasteiger partial charge in [-0.1, -0.05) is 52.0 Å². The third kappa shape index (κ3) is 25.5. The number of hydrogen-bond acceptors (Lipinski definition) is 17. The van der Waals surface area contributed by atoms with Crippen LogP contribution in [0.25, 0.3) is 0 Å². The second-order valence-electron chi connectivity index (χ2n) is 27.7. The fourth-order valence-corrected chi connectivity index (χ4v) is 17.4. The summed E-state index contributed by atoms with van der Waals surface area (Å²) in [6, 6.07) is 0. The van der Waals surface area contributed by atoms with Gasteiger partial charge in [0.15, 0.2) is 0 Å². The molecule has 0 atom stereocenters. The van der Waals surface area contributed by atoms with E-state index in [4.69, 9.17) is 4.74 Å². The van der Waals surface area contributed by atoms with Gasteiger partial charge in [-0.3, -0.25) is 101 Å². The van der Waals surface area contributed by atoms with Crippen LogP contribution < -0.4 is 0 Å². The Bertz CT molecular complexity index is 2300. The maximum absolute atomic E-state index is 5.34. The molecule has 568 valence electrons. The monoisotopic (exact) mass is 1410 g/mol. The first-order valence-corrected chi connectivity index (χ1v) is 37.9. The molecule has 97 heavy (non-hydrogen) atoms. The van der Waals surface area contributed by atoms with E-state index >= 15 is 0 Å². The smallest absolute Gasteiger partial charge is 0.350 e. The van der Waals surface area contributed by atoms with E-state index in [1.165, 1.54) is 292 Å². The Balaban J connectivity index is 0.000000559. The maximum atomic E-state index is 5.34. The quantitative estimate of drug-likeness (QED) is 0.295. The summed E-state index contributed by atoms with van der Waals surface area (Å²) in [4.78, 5) is 34.1. The van der Waals surface area contributed by atoms with Crippen molar-refractivity contribution >= 4 is 65.2 Å². The molecule has 0 bridgehead atoms. The van der Waals surface area contributed by atoms with Crippen molar-refractivity contribution in [3.63, 3.8) is 0 Å². The van der Waals surface area contributed by atoms with Gasteiger partial charge in [-0.25, -0.2) is 0 Å². The summed E-state index contributed by atoms with van der Waals surface area (Å²) in [6.45, 7) is 34.1. The third-order valence-corrected chi connectivity index (χ3v) is 22.2. The molecule has 14 aliphatic rings. The lowest BCUT2D eigenvalue weighted by atomic mass is 10.1. The lowest BCUT2D eigenvalue weighted by Crippen LogP contribution is -2.52. The normalized spacial score (nSPS) is 22.7. The average Bonchev–Trinajstić information content (AvgIpc) is 1.87. The van der Waals surface area contributed by atoms with Crippen molar-refractivity contribution in [2.75, 3.05) is 312 Å². The number of guanidine groups is 7. The van der Waals surface area contributed by atoms with Crippen molar-refractivity contribution in [2.45, 2.75) is 129 Å². The zero-order valence-electron chi connectivity index (χ0n) is 59.9. The Morgan fingerprint density at radius 1 is 0.227 bits per heavy atom. The Kier molecular flexibility index (Phi) is 43.1. The largest absolute Gasteiger partial charge is 0.375 e. The van der Waals surface area contributed by atoms with Gasteiger partial charge in [0.2, 0.25) is 0 Å². The molecule has 0 aromatic heterocycles. The summed E-state index contributed by atoms with van der Waals surface area (Å²) >= 11 is 4.09. The molecule has 0 N–H and O–H groups in total. The Hall–Kier alpha value is -4.45. The number of rotatable bonds is 0. The summed E-state index contributed by atoms with van der Waals surface area (Å²) in [6.07, 6.45) is 16.3. The molecule has 0 radical (unpaired) electrons. The fraction of sp³-hybridized carbons (Fsp3) is 0.904. The molecule has 0 unspecified atom stereocenters.